The second kappa shape index (κ2) is 11.0. The highest BCUT2D eigenvalue weighted by molar-refractivity contribution is 7.89. The maximum absolute atomic E-state index is 13.9. The lowest BCUT2D eigenvalue weighted by atomic mass is 10.0. The molecule has 4 aromatic rings. The van der Waals surface area contributed by atoms with Crippen LogP contribution >= 0.6 is 11.3 Å². The lowest BCUT2D eigenvalue weighted by molar-refractivity contribution is 0.0985. The van der Waals surface area contributed by atoms with Crippen LogP contribution in [0.2, 0.25) is 0 Å². The standard InChI is InChI=1S/C30H33N3O3S2/c1-4-25-12-8-9-19-33(25)38(35,36)26-16-14-24(15-17-26)29(34)32(20-23-10-6-5-7-11-23)30-31-28-22(3)21(2)13-18-27(28)37-30/h5-7,10-11,13-18,25H,4,8-9,12,19-20H2,1-3H3. The molecule has 2 heterocycles. The number of hydrogen-bond acceptors (Lipinski definition) is 5. The quantitative estimate of drug-likeness (QED) is 0.258. The molecule has 0 spiro atoms. The summed E-state index contributed by atoms with van der Waals surface area (Å²) in [5.74, 6) is -0.212. The first kappa shape index (κ1) is 26.5. The van der Waals surface area contributed by atoms with Crippen LogP contribution in [0.3, 0.4) is 0 Å². The van der Waals surface area contributed by atoms with Crippen molar-refractivity contribution in [3.8, 4) is 0 Å². The third-order valence-electron chi connectivity index (χ3n) is 7.49. The van der Waals surface area contributed by atoms with E-state index in [0.717, 1.165) is 52.6 Å². The Kier molecular flexibility index (Phi) is 7.66. The molecule has 0 bridgehead atoms. The van der Waals surface area contributed by atoms with E-state index in [1.807, 2.05) is 43.3 Å². The average Bonchev–Trinajstić information content (AvgIpc) is 3.39. The maximum Gasteiger partial charge on any atom is 0.260 e. The number of hydrogen-bond donors (Lipinski definition) is 0. The first-order chi connectivity index (χ1) is 18.3. The molecule has 1 unspecified atom stereocenters. The molecule has 1 aliphatic rings. The predicted molar refractivity (Wildman–Crippen MR) is 154 cm³/mol. The second-order valence-corrected chi connectivity index (χ2v) is 12.8. The van der Waals surface area contributed by atoms with Crippen LogP contribution in [0.15, 0.2) is 71.6 Å². The van der Waals surface area contributed by atoms with E-state index in [0.29, 0.717) is 23.8 Å². The number of aryl methyl sites for hydroxylation is 2. The number of nitrogens with zero attached hydrogens (tertiary/aromatic N) is 3. The molecule has 3 aromatic carbocycles. The molecule has 1 saturated heterocycles. The van der Waals surface area contributed by atoms with Gasteiger partial charge in [-0.3, -0.25) is 9.69 Å². The number of amides is 1. The predicted octanol–water partition coefficient (Wildman–Crippen LogP) is 6.71. The van der Waals surface area contributed by atoms with Crippen molar-refractivity contribution in [2.45, 2.75) is 63.9 Å². The fourth-order valence-corrected chi connectivity index (χ4v) is 7.87. The van der Waals surface area contributed by atoms with Gasteiger partial charge in [0.05, 0.1) is 21.7 Å². The molecule has 5 rings (SSSR count). The summed E-state index contributed by atoms with van der Waals surface area (Å²) in [5.41, 5.74) is 4.59. The van der Waals surface area contributed by atoms with Crippen molar-refractivity contribution in [2.75, 3.05) is 11.4 Å². The van der Waals surface area contributed by atoms with Gasteiger partial charge in [-0.2, -0.15) is 4.31 Å². The highest BCUT2D eigenvalue weighted by atomic mass is 32.2. The number of thiazole rings is 1. The fraction of sp³-hybridized carbons (Fsp3) is 0.333. The van der Waals surface area contributed by atoms with E-state index < -0.39 is 10.0 Å². The Morgan fingerprint density at radius 2 is 1.76 bits per heavy atom. The fourth-order valence-electron chi connectivity index (χ4n) is 5.08. The van der Waals surface area contributed by atoms with Crippen LogP contribution in [-0.4, -0.2) is 36.2 Å². The molecule has 8 heteroatoms. The van der Waals surface area contributed by atoms with Gasteiger partial charge in [-0.15, -0.1) is 0 Å². The van der Waals surface area contributed by atoms with Gasteiger partial charge in [0.2, 0.25) is 10.0 Å². The van der Waals surface area contributed by atoms with Crippen molar-refractivity contribution in [3.05, 3.63) is 89.0 Å². The minimum Gasteiger partial charge on any atom is -0.279 e. The number of sulfonamides is 1. The van der Waals surface area contributed by atoms with Crippen LogP contribution in [0, 0.1) is 13.8 Å². The van der Waals surface area contributed by atoms with Gasteiger partial charge in [-0.25, -0.2) is 13.4 Å². The molecule has 38 heavy (non-hydrogen) atoms. The van der Waals surface area contributed by atoms with E-state index in [-0.39, 0.29) is 16.8 Å². The molecule has 1 amide bonds. The van der Waals surface area contributed by atoms with E-state index in [1.54, 1.807) is 33.5 Å². The van der Waals surface area contributed by atoms with E-state index in [4.69, 9.17) is 4.98 Å². The molecular formula is C30H33N3O3S2. The lowest BCUT2D eigenvalue weighted by Crippen LogP contribution is -2.43. The third kappa shape index (κ3) is 5.13. The number of carbonyl (C=O) groups is 1. The van der Waals surface area contributed by atoms with Gasteiger partial charge < -0.3 is 0 Å². The SMILES string of the molecule is CCC1CCCCN1S(=O)(=O)c1ccc(C(=O)N(Cc2ccccc2)c2nc3c(C)c(C)ccc3s2)cc1. The Morgan fingerprint density at radius 1 is 1.03 bits per heavy atom. The summed E-state index contributed by atoms with van der Waals surface area (Å²) in [6, 6.07) is 20.4. The van der Waals surface area contributed by atoms with Crippen LogP contribution in [-0.2, 0) is 16.6 Å². The molecule has 1 atom stereocenters. The molecule has 6 nitrogen and oxygen atoms in total. The van der Waals surface area contributed by atoms with E-state index in [2.05, 4.69) is 19.9 Å². The summed E-state index contributed by atoms with van der Waals surface area (Å²) in [7, 11) is -3.61. The zero-order valence-corrected chi connectivity index (χ0v) is 23.7. The zero-order chi connectivity index (χ0) is 26.9. The molecule has 0 radical (unpaired) electrons. The summed E-state index contributed by atoms with van der Waals surface area (Å²) >= 11 is 1.49. The molecule has 198 valence electrons. The van der Waals surface area contributed by atoms with Crippen molar-refractivity contribution >= 4 is 42.6 Å². The smallest absolute Gasteiger partial charge is 0.260 e. The zero-order valence-electron chi connectivity index (χ0n) is 22.1. The number of benzene rings is 3. The number of carbonyl (C=O) groups excluding carboxylic acids is 1. The number of rotatable bonds is 7. The van der Waals surface area contributed by atoms with Gasteiger partial charge in [0.25, 0.3) is 5.91 Å². The van der Waals surface area contributed by atoms with Crippen LogP contribution in [0.1, 0.15) is 59.7 Å². The summed E-state index contributed by atoms with van der Waals surface area (Å²) in [6.07, 6.45) is 3.62. The molecular weight excluding hydrogens is 514 g/mol. The van der Waals surface area contributed by atoms with Crippen molar-refractivity contribution < 1.29 is 13.2 Å². The van der Waals surface area contributed by atoms with Gasteiger partial charge in [0.1, 0.15) is 0 Å². The Bertz CT molecular complexity index is 1550. The number of fused-ring (bicyclic) bond motifs is 1. The van der Waals surface area contributed by atoms with Gasteiger partial charge in [-0.1, -0.05) is 61.1 Å². The minimum atomic E-state index is -3.61. The van der Waals surface area contributed by atoms with Gasteiger partial charge in [0.15, 0.2) is 5.13 Å². The summed E-state index contributed by atoms with van der Waals surface area (Å²) < 4.78 is 29.5. The van der Waals surface area contributed by atoms with Crippen molar-refractivity contribution in [2.24, 2.45) is 0 Å². The maximum atomic E-state index is 13.9. The van der Waals surface area contributed by atoms with Crippen LogP contribution in [0.25, 0.3) is 10.2 Å². The molecule has 0 N–H and O–H groups in total. The molecule has 1 fully saturated rings. The number of piperidine rings is 1. The first-order valence-corrected chi connectivity index (χ1v) is 15.4. The Labute approximate surface area is 229 Å². The van der Waals surface area contributed by atoms with Gasteiger partial charge in [0, 0.05) is 18.2 Å². The topological polar surface area (TPSA) is 70.6 Å². The van der Waals surface area contributed by atoms with Crippen molar-refractivity contribution in [3.63, 3.8) is 0 Å². The Hall–Kier alpha value is -3.07. The number of anilines is 1. The first-order valence-electron chi connectivity index (χ1n) is 13.1. The lowest BCUT2D eigenvalue weighted by Gasteiger charge is -2.34. The highest BCUT2D eigenvalue weighted by Crippen LogP contribution is 2.34. The Balaban J connectivity index is 1.48. The monoisotopic (exact) mass is 547 g/mol. The summed E-state index contributed by atoms with van der Waals surface area (Å²) in [5, 5.41) is 0.623. The van der Waals surface area contributed by atoms with Crippen LogP contribution in [0.5, 0.6) is 0 Å². The summed E-state index contributed by atoms with van der Waals surface area (Å²) in [6.45, 7) is 7.05. The molecule has 1 aliphatic heterocycles. The largest absolute Gasteiger partial charge is 0.279 e. The van der Waals surface area contributed by atoms with Gasteiger partial charge >= 0.3 is 0 Å². The van der Waals surface area contributed by atoms with Gasteiger partial charge in [-0.05, 0) is 80.1 Å². The molecule has 0 aliphatic carbocycles. The molecule has 0 saturated carbocycles. The van der Waals surface area contributed by atoms with E-state index in [1.165, 1.54) is 11.3 Å². The van der Waals surface area contributed by atoms with E-state index >= 15 is 0 Å². The van der Waals surface area contributed by atoms with Crippen LogP contribution in [0.4, 0.5) is 5.13 Å². The Morgan fingerprint density at radius 3 is 2.47 bits per heavy atom. The van der Waals surface area contributed by atoms with Crippen molar-refractivity contribution in [1.82, 2.24) is 9.29 Å². The normalized spacial score (nSPS) is 16.6. The highest BCUT2D eigenvalue weighted by Gasteiger charge is 2.32. The third-order valence-corrected chi connectivity index (χ3v) is 10.5. The van der Waals surface area contributed by atoms with Crippen molar-refractivity contribution in [1.29, 1.82) is 0 Å². The average molecular weight is 548 g/mol. The van der Waals surface area contributed by atoms with Crippen LogP contribution < -0.4 is 4.90 Å². The summed E-state index contributed by atoms with van der Waals surface area (Å²) in [4.78, 5) is 20.7. The second-order valence-electron chi connectivity index (χ2n) is 9.93. The number of aromatic nitrogens is 1. The molecule has 1 aromatic heterocycles. The van der Waals surface area contributed by atoms with E-state index in [9.17, 15) is 13.2 Å². The minimum absolute atomic E-state index is 0.0301.